The Labute approximate surface area is 96.5 Å². The first-order valence-corrected chi connectivity index (χ1v) is 5.74. The molecule has 1 nitrogen and oxygen atoms in total. The first-order chi connectivity index (χ1) is 6.61. The van der Waals surface area contributed by atoms with Gasteiger partial charge in [0, 0.05) is 8.27 Å². The Bertz CT molecular complexity index is 481. The molecule has 0 saturated heterocycles. The summed E-state index contributed by atoms with van der Waals surface area (Å²) in [4.78, 5) is 0. The van der Waals surface area contributed by atoms with Gasteiger partial charge in [-0.05, 0) is 45.5 Å². The Hall–Kier alpha value is -0.430. The Morgan fingerprint density at radius 2 is 2.14 bits per heavy atom. The summed E-state index contributed by atoms with van der Waals surface area (Å²) in [5, 5.41) is 12.0. The van der Waals surface area contributed by atoms with Gasteiger partial charge in [0.15, 0.2) is 0 Å². The summed E-state index contributed by atoms with van der Waals surface area (Å²) in [6.07, 6.45) is -2.63. The highest BCUT2D eigenvalue weighted by atomic mass is 127. The third-order valence-corrected chi connectivity index (χ3v) is 4.35. The van der Waals surface area contributed by atoms with E-state index in [1.807, 2.05) is 28.0 Å². The van der Waals surface area contributed by atoms with Gasteiger partial charge in [0.05, 0.1) is 5.56 Å². The first kappa shape index (κ1) is 10.1. The zero-order valence-corrected chi connectivity index (χ0v) is 9.77. The van der Waals surface area contributed by atoms with Crippen molar-refractivity contribution in [1.82, 2.24) is 0 Å². The summed E-state index contributed by atoms with van der Waals surface area (Å²) >= 11 is 3.25. The summed E-state index contributed by atoms with van der Waals surface area (Å²) in [6, 6.07) is 3.19. The van der Waals surface area contributed by atoms with E-state index < -0.39 is 6.43 Å². The van der Waals surface area contributed by atoms with Crippen LogP contribution in [0.1, 0.15) is 12.0 Å². The standard InChI is InChI=1S/C9H5F2IOS/c10-9(11)6-5(13)3-4-1-2-14-8(4)7(6)12/h1-3,9,13H. The molecular weight excluding hydrogens is 321 g/mol. The van der Waals surface area contributed by atoms with Crippen LogP contribution in [0.4, 0.5) is 8.78 Å². The second-order valence-electron chi connectivity index (χ2n) is 2.76. The van der Waals surface area contributed by atoms with Crippen molar-refractivity contribution in [2.45, 2.75) is 6.43 Å². The van der Waals surface area contributed by atoms with Crippen LogP contribution in [0.2, 0.25) is 0 Å². The van der Waals surface area contributed by atoms with Crippen molar-refractivity contribution in [2.75, 3.05) is 0 Å². The average molecular weight is 326 g/mol. The molecule has 0 unspecified atom stereocenters. The fraction of sp³-hybridized carbons (Fsp3) is 0.111. The molecule has 0 amide bonds. The van der Waals surface area contributed by atoms with Gasteiger partial charge < -0.3 is 5.11 Å². The lowest BCUT2D eigenvalue weighted by molar-refractivity contribution is 0.146. The van der Waals surface area contributed by atoms with Crippen LogP contribution in [-0.4, -0.2) is 5.11 Å². The molecule has 0 bridgehead atoms. The Morgan fingerprint density at radius 3 is 2.79 bits per heavy atom. The minimum Gasteiger partial charge on any atom is -0.507 e. The molecule has 2 rings (SSSR count). The minimum absolute atomic E-state index is 0.263. The van der Waals surface area contributed by atoms with E-state index in [2.05, 4.69) is 0 Å². The number of hydrogen-bond donors (Lipinski definition) is 1. The number of rotatable bonds is 1. The quantitative estimate of drug-likeness (QED) is 0.781. The summed E-state index contributed by atoms with van der Waals surface area (Å²) in [7, 11) is 0. The van der Waals surface area contributed by atoms with Gasteiger partial charge in [0.25, 0.3) is 6.43 Å². The summed E-state index contributed by atoms with van der Waals surface area (Å²) in [6.45, 7) is 0. The fourth-order valence-corrected chi connectivity index (χ4v) is 3.31. The number of thiophene rings is 1. The van der Waals surface area contributed by atoms with E-state index in [0.29, 0.717) is 3.57 Å². The maximum Gasteiger partial charge on any atom is 0.268 e. The number of phenolic OH excluding ortho intramolecular Hbond substituents is 1. The first-order valence-electron chi connectivity index (χ1n) is 3.78. The lowest BCUT2D eigenvalue weighted by atomic mass is 10.1. The van der Waals surface area contributed by atoms with E-state index in [1.165, 1.54) is 17.4 Å². The Balaban J connectivity index is 2.82. The second-order valence-corrected chi connectivity index (χ2v) is 4.76. The molecule has 2 aromatic rings. The lowest BCUT2D eigenvalue weighted by Gasteiger charge is -2.06. The molecule has 1 N–H and O–H groups in total. The monoisotopic (exact) mass is 326 g/mol. The minimum atomic E-state index is -2.63. The molecule has 0 radical (unpaired) electrons. The molecule has 14 heavy (non-hydrogen) atoms. The van der Waals surface area contributed by atoms with E-state index in [9.17, 15) is 13.9 Å². The summed E-state index contributed by atoms with van der Waals surface area (Å²) < 4.78 is 26.4. The topological polar surface area (TPSA) is 20.2 Å². The molecule has 1 aromatic carbocycles. The van der Waals surface area contributed by atoms with Gasteiger partial charge in [-0.15, -0.1) is 11.3 Å². The van der Waals surface area contributed by atoms with Crippen molar-refractivity contribution < 1.29 is 13.9 Å². The molecule has 74 valence electrons. The molecule has 0 aliphatic rings. The summed E-state index contributed by atoms with van der Waals surface area (Å²) in [5.74, 6) is -0.324. The summed E-state index contributed by atoms with van der Waals surface area (Å²) in [5.41, 5.74) is -0.263. The van der Waals surface area contributed by atoms with Gasteiger partial charge >= 0.3 is 0 Å². The van der Waals surface area contributed by atoms with Gasteiger partial charge in [-0.25, -0.2) is 8.78 Å². The fourth-order valence-electron chi connectivity index (χ4n) is 1.28. The lowest BCUT2D eigenvalue weighted by Crippen LogP contribution is -1.90. The maximum absolute atomic E-state index is 12.6. The van der Waals surface area contributed by atoms with Crippen molar-refractivity contribution in [3.05, 3.63) is 26.6 Å². The van der Waals surface area contributed by atoms with Gasteiger partial charge in [-0.3, -0.25) is 0 Å². The zero-order chi connectivity index (χ0) is 10.3. The number of alkyl halides is 2. The van der Waals surface area contributed by atoms with E-state index in [1.54, 1.807) is 6.07 Å². The van der Waals surface area contributed by atoms with Crippen LogP contribution in [0.3, 0.4) is 0 Å². The number of halogens is 3. The van der Waals surface area contributed by atoms with Crippen LogP contribution < -0.4 is 0 Å². The largest absolute Gasteiger partial charge is 0.507 e. The average Bonchev–Trinajstić information content (AvgIpc) is 2.50. The van der Waals surface area contributed by atoms with Crippen LogP contribution in [0, 0.1) is 3.57 Å². The van der Waals surface area contributed by atoms with Crippen molar-refractivity contribution in [3.8, 4) is 5.75 Å². The van der Waals surface area contributed by atoms with Crippen LogP contribution in [0.5, 0.6) is 5.75 Å². The third-order valence-electron chi connectivity index (χ3n) is 1.92. The molecule has 0 aliphatic heterocycles. The highest BCUT2D eigenvalue weighted by molar-refractivity contribution is 14.1. The normalized spacial score (nSPS) is 11.4. The molecule has 0 spiro atoms. The van der Waals surface area contributed by atoms with Crippen LogP contribution in [-0.2, 0) is 0 Å². The Kier molecular flexibility index (Phi) is 2.61. The predicted molar refractivity (Wildman–Crippen MR) is 61.2 cm³/mol. The molecule has 1 heterocycles. The van der Waals surface area contributed by atoms with Crippen molar-refractivity contribution in [2.24, 2.45) is 0 Å². The molecule has 0 atom stereocenters. The predicted octanol–water partition coefficient (Wildman–Crippen LogP) is 4.15. The number of hydrogen-bond acceptors (Lipinski definition) is 2. The molecule has 1 aromatic heterocycles. The van der Waals surface area contributed by atoms with E-state index in [0.717, 1.165) is 10.1 Å². The van der Waals surface area contributed by atoms with Gasteiger partial charge in [0.2, 0.25) is 0 Å². The van der Waals surface area contributed by atoms with Gasteiger partial charge in [-0.1, -0.05) is 0 Å². The Morgan fingerprint density at radius 1 is 1.43 bits per heavy atom. The number of aromatic hydroxyl groups is 1. The molecule has 5 heteroatoms. The van der Waals surface area contributed by atoms with E-state index in [-0.39, 0.29) is 11.3 Å². The van der Waals surface area contributed by atoms with E-state index >= 15 is 0 Å². The second kappa shape index (κ2) is 3.62. The van der Waals surface area contributed by atoms with Gasteiger partial charge in [-0.2, -0.15) is 0 Å². The highest BCUT2D eigenvalue weighted by Gasteiger charge is 2.19. The molecule has 0 aliphatic carbocycles. The third kappa shape index (κ3) is 1.48. The SMILES string of the molecule is Oc1cc2ccsc2c(I)c1C(F)F. The van der Waals surface area contributed by atoms with Crippen LogP contribution in [0.15, 0.2) is 17.5 Å². The molecular formula is C9H5F2IOS. The zero-order valence-electron chi connectivity index (χ0n) is 6.80. The number of fused-ring (bicyclic) bond motifs is 1. The van der Waals surface area contributed by atoms with Crippen molar-refractivity contribution in [1.29, 1.82) is 0 Å². The number of phenols is 1. The smallest absolute Gasteiger partial charge is 0.268 e. The van der Waals surface area contributed by atoms with Crippen LogP contribution >= 0.6 is 33.9 Å². The van der Waals surface area contributed by atoms with Gasteiger partial charge in [0.1, 0.15) is 5.75 Å². The number of benzene rings is 1. The molecule has 0 saturated carbocycles. The highest BCUT2D eigenvalue weighted by Crippen LogP contribution is 2.39. The van der Waals surface area contributed by atoms with Crippen LogP contribution in [0.25, 0.3) is 10.1 Å². The van der Waals surface area contributed by atoms with E-state index in [4.69, 9.17) is 0 Å². The van der Waals surface area contributed by atoms with Crippen molar-refractivity contribution in [3.63, 3.8) is 0 Å². The molecule has 0 fully saturated rings. The maximum atomic E-state index is 12.6. The van der Waals surface area contributed by atoms with Crippen molar-refractivity contribution >= 4 is 44.0 Å².